The van der Waals surface area contributed by atoms with E-state index in [0.29, 0.717) is 37.1 Å². The van der Waals surface area contributed by atoms with Gasteiger partial charge in [0.05, 0.1) is 11.1 Å². The molecule has 26 heavy (non-hydrogen) atoms. The molecule has 0 spiro atoms. The number of rotatable bonds is 5. The fraction of sp³-hybridized carbons (Fsp3) is 0.444. The highest BCUT2D eigenvalue weighted by molar-refractivity contribution is 6.22. The summed E-state index contributed by atoms with van der Waals surface area (Å²) < 4.78 is 4.78. The van der Waals surface area contributed by atoms with Gasteiger partial charge in [-0.1, -0.05) is 12.1 Å². The molecule has 1 aromatic carbocycles. The summed E-state index contributed by atoms with van der Waals surface area (Å²) >= 11 is 0. The minimum Gasteiger partial charge on any atom is -0.375 e. The number of ether oxygens (including phenoxy) is 1. The van der Waals surface area contributed by atoms with Gasteiger partial charge in [-0.25, -0.2) is 0 Å². The van der Waals surface area contributed by atoms with Gasteiger partial charge in [0.15, 0.2) is 0 Å². The number of nitrogens with one attached hydrogen (secondary N) is 1. The van der Waals surface area contributed by atoms with Crippen LogP contribution in [0.1, 0.15) is 33.6 Å². The number of fused-ring (bicyclic) bond motifs is 1. The molecule has 138 valence electrons. The third-order valence-corrected chi connectivity index (χ3v) is 4.66. The average molecular weight is 359 g/mol. The van der Waals surface area contributed by atoms with E-state index < -0.39 is 11.8 Å². The first-order valence-electron chi connectivity index (χ1n) is 8.52. The molecule has 0 radical (unpaired) electrons. The van der Waals surface area contributed by atoms with Crippen LogP contribution in [-0.4, -0.2) is 72.8 Å². The van der Waals surface area contributed by atoms with Gasteiger partial charge in [0, 0.05) is 26.2 Å². The van der Waals surface area contributed by atoms with E-state index in [1.165, 1.54) is 7.11 Å². The van der Waals surface area contributed by atoms with Crippen molar-refractivity contribution >= 4 is 23.6 Å². The molecule has 8 heteroatoms. The molecular formula is C18H21N3O5. The summed E-state index contributed by atoms with van der Waals surface area (Å²) in [5, 5.41) is 2.86. The van der Waals surface area contributed by atoms with Crippen molar-refractivity contribution in [3.8, 4) is 0 Å². The van der Waals surface area contributed by atoms with Crippen LogP contribution in [0.3, 0.4) is 0 Å². The normalized spacial score (nSPS) is 17.4. The second kappa shape index (κ2) is 7.65. The highest BCUT2D eigenvalue weighted by atomic mass is 16.5. The summed E-state index contributed by atoms with van der Waals surface area (Å²) in [6.45, 7) is 0.700. The standard InChI is InChI=1S/C18H21N3O5/c1-26-11-15(22)19-12-6-8-20(9-7-12)16(23)10-21-17(24)13-4-2-3-5-14(13)18(21)25/h2-5,12H,6-11H2,1H3,(H,19,22). The van der Waals surface area contributed by atoms with Gasteiger partial charge >= 0.3 is 0 Å². The minimum atomic E-state index is -0.430. The van der Waals surface area contributed by atoms with Gasteiger partial charge in [0.1, 0.15) is 13.2 Å². The third-order valence-electron chi connectivity index (χ3n) is 4.66. The molecule has 0 aromatic heterocycles. The highest BCUT2D eigenvalue weighted by Crippen LogP contribution is 2.22. The van der Waals surface area contributed by atoms with Gasteiger partial charge in [-0.3, -0.25) is 24.1 Å². The van der Waals surface area contributed by atoms with Crippen molar-refractivity contribution in [2.45, 2.75) is 18.9 Å². The van der Waals surface area contributed by atoms with Crippen LogP contribution < -0.4 is 5.32 Å². The van der Waals surface area contributed by atoms with E-state index in [4.69, 9.17) is 4.74 Å². The molecule has 1 aromatic rings. The third kappa shape index (κ3) is 3.60. The molecule has 0 unspecified atom stereocenters. The molecule has 1 fully saturated rings. The van der Waals surface area contributed by atoms with Crippen LogP contribution >= 0.6 is 0 Å². The second-order valence-electron chi connectivity index (χ2n) is 6.40. The largest absolute Gasteiger partial charge is 0.375 e. The van der Waals surface area contributed by atoms with Crippen molar-refractivity contribution in [3.63, 3.8) is 0 Å². The van der Waals surface area contributed by atoms with Crippen molar-refractivity contribution in [1.29, 1.82) is 0 Å². The topological polar surface area (TPSA) is 96.0 Å². The van der Waals surface area contributed by atoms with Gasteiger partial charge in [-0.15, -0.1) is 0 Å². The number of nitrogens with zero attached hydrogens (tertiary/aromatic N) is 2. The molecule has 2 aliphatic heterocycles. The molecule has 1 saturated heterocycles. The number of carbonyl (C=O) groups excluding carboxylic acids is 4. The molecule has 2 aliphatic rings. The summed E-state index contributed by atoms with van der Waals surface area (Å²) in [6, 6.07) is 6.57. The van der Waals surface area contributed by atoms with Crippen LogP contribution in [-0.2, 0) is 14.3 Å². The predicted molar refractivity (Wildman–Crippen MR) is 91.4 cm³/mol. The quantitative estimate of drug-likeness (QED) is 0.749. The lowest BCUT2D eigenvalue weighted by molar-refractivity contribution is -0.132. The smallest absolute Gasteiger partial charge is 0.262 e. The van der Waals surface area contributed by atoms with Crippen LogP contribution in [0.5, 0.6) is 0 Å². The Kier molecular flexibility index (Phi) is 5.32. The highest BCUT2D eigenvalue weighted by Gasteiger charge is 2.37. The number of carbonyl (C=O) groups is 4. The van der Waals surface area contributed by atoms with Crippen LogP contribution in [0.15, 0.2) is 24.3 Å². The molecule has 0 bridgehead atoms. The van der Waals surface area contributed by atoms with Gasteiger partial charge in [-0.2, -0.15) is 0 Å². The van der Waals surface area contributed by atoms with Gasteiger partial charge < -0.3 is 15.0 Å². The van der Waals surface area contributed by atoms with Gasteiger partial charge in [-0.05, 0) is 25.0 Å². The van der Waals surface area contributed by atoms with E-state index in [0.717, 1.165) is 4.90 Å². The van der Waals surface area contributed by atoms with E-state index in [1.807, 2.05) is 0 Å². The number of hydrogen-bond acceptors (Lipinski definition) is 5. The maximum Gasteiger partial charge on any atom is 0.262 e. The van der Waals surface area contributed by atoms with Crippen molar-refractivity contribution in [2.24, 2.45) is 0 Å². The summed E-state index contributed by atoms with van der Waals surface area (Å²) in [6.07, 6.45) is 1.26. The number of imide groups is 1. The Balaban J connectivity index is 1.53. The lowest BCUT2D eigenvalue weighted by Crippen LogP contribution is -2.50. The number of piperidine rings is 1. The molecular weight excluding hydrogens is 338 g/mol. The SMILES string of the molecule is COCC(=O)NC1CCN(C(=O)CN2C(=O)c3ccccc3C2=O)CC1. The monoisotopic (exact) mass is 359 g/mol. The van der Waals surface area contributed by atoms with Crippen molar-refractivity contribution in [1.82, 2.24) is 15.1 Å². The summed E-state index contributed by atoms with van der Waals surface area (Å²) in [4.78, 5) is 51.3. The first-order chi connectivity index (χ1) is 12.5. The Morgan fingerprint density at radius 1 is 1.12 bits per heavy atom. The Morgan fingerprint density at radius 3 is 2.23 bits per heavy atom. The number of amides is 4. The maximum atomic E-state index is 12.5. The second-order valence-corrected chi connectivity index (χ2v) is 6.40. The number of likely N-dealkylation sites (tertiary alicyclic amines) is 1. The molecule has 8 nitrogen and oxygen atoms in total. The number of hydrogen-bond donors (Lipinski definition) is 1. The van der Waals surface area contributed by atoms with E-state index in [1.54, 1.807) is 29.2 Å². The predicted octanol–water partition coefficient (Wildman–Crippen LogP) is 0.0362. The summed E-state index contributed by atoms with van der Waals surface area (Å²) in [5.74, 6) is -1.30. The van der Waals surface area contributed by atoms with E-state index >= 15 is 0 Å². The fourth-order valence-corrected chi connectivity index (χ4v) is 3.29. The Hall–Kier alpha value is -2.74. The maximum absolute atomic E-state index is 12.5. The van der Waals surface area contributed by atoms with Gasteiger partial charge in [0.2, 0.25) is 11.8 Å². The Morgan fingerprint density at radius 2 is 1.69 bits per heavy atom. The zero-order valence-electron chi connectivity index (χ0n) is 14.6. The van der Waals surface area contributed by atoms with E-state index in [2.05, 4.69) is 5.32 Å². The average Bonchev–Trinajstić information content (AvgIpc) is 2.88. The molecule has 1 N–H and O–H groups in total. The molecule has 2 heterocycles. The fourth-order valence-electron chi connectivity index (χ4n) is 3.29. The zero-order chi connectivity index (χ0) is 18.7. The van der Waals surface area contributed by atoms with E-state index in [9.17, 15) is 19.2 Å². The lowest BCUT2D eigenvalue weighted by Gasteiger charge is -2.33. The Labute approximate surface area is 151 Å². The molecule has 3 rings (SSSR count). The molecule has 0 atom stereocenters. The first kappa shape index (κ1) is 18.1. The minimum absolute atomic E-state index is 0.000931. The summed E-state index contributed by atoms with van der Waals surface area (Å²) in [7, 11) is 1.46. The van der Waals surface area contributed by atoms with Crippen molar-refractivity contribution < 1.29 is 23.9 Å². The van der Waals surface area contributed by atoms with Crippen LogP contribution in [0.2, 0.25) is 0 Å². The van der Waals surface area contributed by atoms with Crippen LogP contribution in [0.25, 0.3) is 0 Å². The van der Waals surface area contributed by atoms with Crippen LogP contribution in [0.4, 0.5) is 0 Å². The van der Waals surface area contributed by atoms with E-state index in [-0.39, 0.29) is 31.0 Å². The molecule has 0 saturated carbocycles. The van der Waals surface area contributed by atoms with Gasteiger partial charge in [0.25, 0.3) is 11.8 Å². The number of benzene rings is 1. The van der Waals surface area contributed by atoms with Crippen molar-refractivity contribution in [3.05, 3.63) is 35.4 Å². The number of methoxy groups -OCH3 is 1. The Bertz CT molecular complexity index is 705. The van der Waals surface area contributed by atoms with Crippen molar-refractivity contribution in [2.75, 3.05) is 33.4 Å². The van der Waals surface area contributed by atoms with Crippen LogP contribution in [0, 0.1) is 0 Å². The zero-order valence-corrected chi connectivity index (χ0v) is 14.6. The lowest BCUT2D eigenvalue weighted by atomic mass is 10.0. The molecule has 4 amide bonds. The molecule has 0 aliphatic carbocycles. The summed E-state index contributed by atoms with van der Waals surface area (Å²) in [5.41, 5.74) is 0.676. The first-order valence-corrected chi connectivity index (χ1v) is 8.52.